The molecule has 0 aliphatic heterocycles. The van der Waals surface area contributed by atoms with Crippen molar-refractivity contribution in [3.8, 4) is 0 Å². The van der Waals surface area contributed by atoms with Crippen LogP contribution in [0.3, 0.4) is 0 Å². The van der Waals surface area contributed by atoms with Crippen molar-refractivity contribution in [1.29, 1.82) is 0 Å². The molecule has 1 aliphatic carbocycles. The third-order valence-electron chi connectivity index (χ3n) is 3.74. The van der Waals surface area contributed by atoms with E-state index in [2.05, 4.69) is 5.32 Å². The molecule has 1 aromatic carbocycles. The number of aromatic nitrogens is 1. The number of nitrogens with zero attached hydrogens (tertiary/aromatic N) is 1. The fourth-order valence-electron chi connectivity index (χ4n) is 2.79. The van der Waals surface area contributed by atoms with Gasteiger partial charge in [-0.25, -0.2) is 4.39 Å². The Morgan fingerprint density at radius 3 is 2.95 bits per heavy atom. The molecule has 3 rings (SSSR count). The number of fused-ring (bicyclic) bond motifs is 1. The lowest BCUT2D eigenvalue weighted by Crippen LogP contribution is -2.26. The first-order chi connectivity index (χ1) is 9.74. The summed E-state index contributed by atoms with van der Waals surface area (Å²) in [5.41, 5.74) is 3.24. The summed E-state index contributed by atoms with van der Waals surface area (Å²) in [6, 6.07) is 9.96. The Morgan fingerprint density at radius 1 is 1.20 bits per heavy atom. The number of hydrogen-bond donors (Lipinski definition) is 1. The molecule has 3 nitrogen and oxygen atoms in total. The molecule has 1 heterocycles. The molecular formula is C16H17FN2O. The average Bonchev–Trinajstić information content (AvgIpc) is 2.90. The predicted octanol–water partition coefficient (Wildman–Crippen LogP) is 2.59. The maximum atomic E-state index is 13.1. The summed E-state index contributed by atoms with van der Waals surface area (Å²) in [6.45, 7) is 1.22. The Morgan fingerprint density at radius 2 is 2.10 bits per heavy atom. The second kappa shape index (κ2) is 5.49. The molecule has 20 heavy (non-hydrogen) atoms. The third-order valence-corrected chi connectivity index (χ3v) is 3.74. The Kier molecular flexibility index (Phi) is 3.54. The largest absolute Gasteiger partial charge is 0.383 e. The summed E-state index contributed by atoms with van der Waals surface area (Å²) >= 11 is 0. The molecule has 1 N–H and O–H groups in total. The average molecular weight is 272 g/mol. The lowest BCUT2D eigenvalue weighted by Gasteiger charge is -2.13. The monoisotopic (exact) mass is 272 g/mol. The van der Waals surface area contributed by atoms with Crippen LogP contribution in [0, 0.1) is 5.82 Å². The Balaban J connectivity index is 1.70. The van der Waals surface area contributed by atoms with Crippen LogP contribution in [0.4, 0.5) is 10.1 Å². The van der Waals surface area contributed by atoms with E-state index in [1.165, 1.54) is 23.4 Å². The molecule has 0 fully saturated rings. The molecule has 104 valence electrons. The molecule has 0 saturated heterocycles. The van der Waals surface area contributed by atoms with Gasteiger partial charge in [0.05, 0.1) is 0 Å². The van der Waals surface area contributed by atoms with Gasteiger partial charge in [0.2, 0.25) is 0 Å². The Hall–Kier alpha value is -2.10. The Labute approximate surface area is 117 Å². The lowest BCUT2D eigenvalue weighted by atomic mass is 10.2. The highest BCUT2D eigenvalue weighted by molar-refractivity contribution is 5.42. The van der Waals surface area contributed by atoms with Crippen molar-refractivity contribution in [2.45, 2.75) is 25.8 Å². The number of nitrogens with one attached hydrogen (secondary N) is 1. The SMILES string of the molecule is O=c1ccc2c(n1CCNc1cccc(F)c1)CCC2. The molecular weight excluding hydrogens is 255 g/mol. The fourth-order valence-corrected chi connectivity index (χ4v) is 2.79. The highest BCUT2D eigenvalue weighted by Crippen LogP contribution is 2.19. The fraction of sp³-hybridized carbons (Fsp3) is 0.312. The molecule has 0 saturated carbocycles. The summed E-state index contributed by atoms with van der Waals surface area (Å²) in [6.07, 6.45) is 3.16. The Bertz CT molecular complexity index is 678. The third kappa shape index (κ3) is 2.59. The first-order valence-corrected chi connectivity index (χ1v) is 6.95. The summed E-state index contributed by atoms with van der Waals surface area (Å²) in [5, 5.41) is 3.15. The number of halogens is 1. The van der Waals surface area contributed by atoms with Crippen LogP contribution in [-0.2, 0) is 19.4 Å². The van der Waals surface area contributed by atoms with E-state index in [9.17, 15) is 9.18 Å². The van der Waals surface area contributed by atoms with E-state index in [1.807, 2.05) is 16.7 Å². The van der Waals surface area contributed by atoms with Crippen molar-refractivity contribution in [2.24, 2.45) is 0 Å². The standard InChI is InChI=1S/C16H17FN2O/c17-13-4-2-5-14(11-13)18-9-10-19-15-6-1-3-12(15)7-8-16(19)20/h2,4-5,7-8,11,18H,1,3,6,9-10H2. The number of benzene rings is 1. The van der Waals surface area contributed by atoms with Gasteiger partial charge >= 0.3 is 0 Å². The molecule has 0 unspecified atom stereocenters. The van der Waals surface area contributed by atoms with E-state index in [1.54, 1.807) is 12.1 Å². The predicted molar refractivity (Wildman–Crippen MR) is 77.6 cm³/mol. The van der Waals surface area contributed by atoms with E-state index < -0.39 is 0 Å². The zero-order chi connectivity index (χ0) is 13.9. The van der Waals surface area contributed by atoms with Crippen molar-refractivity contribution < 1.29 is 4.39 Å². The van der Waals surface area contributed by atoms with Crippen molar-refractivity contribution in [3.05, 3.63) is 63.8 Å². The van der Waals surface area contributed by atoms with Gasteiger partial charge in [-0.3, -0.25) is 4.79 Å². The minimum absolute atomic E-state index is 0.0479. The topological polar surface area (TPSA) is 34.0 Å². The second-order valence-electron chi connectivity index (χ2n) is 5.09. The van der Waals surface area contributed by atoms with Gasteiger partial charge in [0.25, 0.3) is 5.56 Å². The van der Waals surface area contributed by atoms with Crippen LogP contribution in [0.25, 0.3) is 0 Å². The van der Waals surface area contributed by atoms with Gasteiger partial charge in [-0.2, -0.15) is 0 Å². The number of hydrogen-bond acceptors (Lipinski definition) is 2. The number of aryl methyl sites for hydroxylation is 1. The van der Waals surface area contributed by atoms with Gasteiger partial charge in [0.15, 0.2) is 0 Å². The van der Waals surface area contributed by atoms with E-state index >= 15 is 0 Å². The second-order valence-corrected chi connectivity index (χ2v) is 5.09. The molecule has 4 heteroatoms. The summed E-state index contributed by atoms with van der Waals surface area (Å²) in [7, 11) is 0. The number of pyridine rings is 1. The van der Waals surface area contributed by atoms with Gasteiger partial charge in [-0.1, -0.05) is 12.1 Å². The van der Waals surface area contributed by atoms with Crippen molar-refractivity contribution in [1.82, 2.24) is 4.57 Å². The molecule has 0 radical (unpaired) electrons. The maximum Gasteiger partial charge on any atom is 0.250 e. The first-order valence-electron chi connectivity index (χ1n) is 6.95. The van der Waals surface area contributed by atoms with Crippen LogP contribution in [0.1, 0.15) is 17.7 Å². The first kappa shape index (κ1) is 12.9. The normalized spacial score (nSPS) is 13.2. The minimum Gasteiger partial charge on any atom is -0.383 e. The van der Waals surface area contributed by atoms with Crippen molar-refractivity contribution in [3.63, 3.8) is 0 Å². The van der Waals surface area contributed by atoms with Crippen LogP contribution in [0.5, 0.6) is 0 Å². The minimum atomic E-state index is -0.257. The van der Waals surface area contributed by atoms with Crippen LogP contribution < -0.4 is 10.9 Å². The lowest BCUT2D eigenvalue weighted by molar-refractivity contribution is 0.627. The van der Waals surface area contributed by atoms with E-state index in [-0.39, 0.29) is 11.4 Å². The zero-order valence-electron chi connectivity index (χ0n) is 11.2. The summed E-state index contributed by atoms with van der Waals surface area (Å²) in [4.78, 5) is 12.0. The van der Waals surface area contributed by atoms with Crippen molar-refractivity contribution >= 4 is 5.69 Å². The molecule has 2 aromatic rings. The maximum absolute atomic E-state index is 13.1. The summed E-state index contributed by atoms with van der Waals surface area (Å²) in [5.74, 6) is -0.257. The van der Waals surface area contributed by atoms with Gasteiger partial charge < -0.3 is 9.88 Å². The molecule has 1 aliphatic rings. The van der Waals surface area contributed by atoms with E-state index in [0.29, 0.717) is 13.1 Å². The van der Waals surface area contributed by atoms with Crippen LogP contribution in [0.2, 0.25) is 0 Å². The van der Waals surface area contributed by atoms with Gasteiger partial charge in [0, 0.05) is 30.5 Å². The van der Waals surface area contributed by atoms with E-state index in [4.69, 9.17) is 0 Å². The molecule has 0 atom stereocenters. The van der Waals surface area contributed by atoms with Gasteiger partial charge in [0.1, 0.15) is 5.82 Å². The number of anilines is 1. The highest BCUT2D eigenvalue weighted by atomic mass is 19.1. The molecule has 1 aromatic heterocycles. The number of rotatable bonds is 4. The van der Waals surface area contributed by atoms with Gasteiger partial charge in [-0.05, 0) is 43.0 Å². The highest BCUT2D eigenvalue weighted by Gasteiger charge is 2.15. The molecule has 0 amide bonds. The molecule has 0 spiro atoms. The quantitative estimate of drug-likeness (QED) is 0.928. The molecule has 0 bridgehead atoms. The summed E-state index contributed by atoms with van der Waals surface area (Å²) < 4.78 is 14.9. The van der Waals surface area contributed by atoms with Gasteiger partial charge in [-0.15, -0.1) is 0 Å². The smallest absolute Gasteiger partial charge is 0.250 e. The van der Waals surface area contributed by atoms with E-state index in [0.717, 1.165) is 24.9 Å². The van der Waals surface area contributed by atoms with Crippen LogP contribution >= 0.6 is 0 Å². The zero-order valence-corrected chi connectivity index (χ0v) is 11.2. The van der Waals surface area contributed by atoms with Crippen molar-refractivity contribution in [2.75, 3.05) is 11.9 Å². The van der Waals surface area contributed by atoms with Crippen LogP contribution in [-0.4, -0.2) is 11.1 Å². The van der Waals surface area contributed by atoms with Crippen LogP contribution in [0.15, 0.2) is 41.2 Å².